The van der Waals surface area contributed by atoms with Gasteiger partial charge < -0.3 is 20.3 Å². The summed E-state index contributed by atoms with van der Waals surface area (Å²) in [5, 5.41) is 23.1. The predicted octanol–water partition coefficient (Wildman–Crippen LogP) is 15.1. The van der Waals surface area contributed by atoms with Crippen molar-refractivity contribution >= 4 is 11.9 Å². The van der Waals surface area contributed by atoms with Crippen molar-refractivity contribution in [1.82, 2.24) is 5.32 Å². The highest BCUT2D eigenvalue weighted by Crippen LogP contribution is 2.16. The molecular weight excluding hydrogens is 719 g/mol. The second-order valence-electron chi connectivity index (χ2n) is 17.5. The summed E-state index contributed by atoms with van der Waals surface area (Å²) in [6.07, 6.45) is 56.1. The van der Waals surface area contributed by atoms with Gasteiger partial charge in [0.25, 0.3) is 0 Å². The summed E-state index contributed by atoms with van der Waals surface area (Å²) < 4.78 is 5.41. The third-order valence-electron chi connectivity index (χ3n) is 11.7. The summed E-state index contributed by atoms with van der Waals surface area (Å²) in [5.74, 6) is -0.141. The van der Waals surface area contributed by atoms with E-state index in [0.717, 1.165) is 77.0 Å². The minimum atomic E-state index is -0.865. The number of ether oxygens (including phenoxy) is 1. The van der Waals surface area contributed by atoms with Gasteiger partial charge in [0, 0.05) is 12.8 Å². The van der Waals surface area contributed by atoms with Crippen LogP contribution in [0.3, 0.4) is 0 Å². The summed E-state index contributed by atoms with van der Waals surface area (Å²) in [5.41, 5.74) is 0. The summed E-state index contributed by atoms with van der Waals surface area (Å²) >= 11 is 0. The lowest BCUT2D eigenvalue weighted by Gasteiger charge is -2.20. The minimum Gasteiger partial charge on any atom is -0.466 e. The average Bonchev–Trinajstić information content (AvgIpc) is 3.22. The summed E-state index contributed by atoms with van der Waals surface area (Å²) in [6, 6.07) is -0.652. The van der Waals surface area contributed by atoms with Crippen molar-refractivity contribution in [3.8, 4) is 0 Å². The number of rotatable bonds is 47. The lowest BCUT2D eigenvalue weighted by atomic mass is 10.0. The summed E-state index contributed by atoms with van der Waals surface area (Å²) in [7, 11) is 0. The monoisotopic (exact) mass is 818 g/mol. The lowest BCUT2D eigenvalue weighted by Crippen LogP contribution is -2.45. The van der Waals surface area contributed by atoms with Gasteiger partial charge in [0.2, 0.25) is 5.91 Å². The molecule has 0 bridgehead atoms. The Morgan fingerprint density at radius 2 is 0.810 bits per heavy atom. The molecule has 0 saturated carbocycles. The molecule has 0 radical (unpaired) electrons. The second-order valence-corrected chi connectivity index (χ2v) is 17.5. The fourth-order valence-corrected chi connectivity index (χ4v) is 7.74. The van der Waals surface area contributed by atoms with Crippen LogP contribution in [0.1, 0.15) is 271 Å². The van der Waals surface area contributed by atoms with Crippen LogP contribution in [0.4, 0.5) is 0 Å². The number of carbonyl (C=O) groups excluding carboxylic acids is 2. The van der Waals surface area contributed by atoms with Crippen LogP contribution in [0.2, 0.25) is 0 Å². The number of hydrogen-bond donors (Lipinski definition) is 3. The fraction of sp³-hybridized carbons (Fsp3) is 0.885. The quantitative estimate of drug-likeness (QED) is 0.0323. The molecule has 2 unspecified atom stereocenters. The van der Waals surface area contributed by atoms with Gasteiger partial charge in [0.1, 0.15) is 0 Å². The average molecular weight is 818 g/mol. The Morgan fingerprint density at radius 1 is 0.466 bits per heavy atom. The first-order valence-electron chi connectivity index (χ1n) is 25.6. The zero-order chi connectivity index (χ0) is 42.3. The van der Waals surface area contributed by atoms with Gasteiger partial charge in [0.15, 0.2) is 0 Å². The highest BCUT2D eigenvalue weighted by molar-refractivity contribution is 5.76. The fourth-order valence-electron chi connectivity index (χ4n) is 7.74. The Labute approximate surface area is 361 Å². The molecule has 6 heteroatoms. The molecule has 342 valence electrons. The van der Waals surface area contributed by atoms with E-state index in [1.54, 1.807) is 6.08 Å². The van der Waals surface area contributed by atoms with E-state index in [2.05, 4.69) is 31.3 Å². The van der Waals surface area contributed by atoms with Gasteiger partial charge in [-0.15, -0.1) is 0 Å². The molecule has 3 N–H and O–H groups in total. The number of nitrogens with one attached hydrogen (secondary N) is 1. The Kier molecular flexibility index (Phi) is 46.6. The molecule has 1 amide bonds. The van der Waals surface area contributed by atoms with Crippen LogP contribution in [-0.2, 0) is 14.3 Å². The van der Waals surface area contributed by atoms with E-state index >= 15 is 0 Å². The molecule has 0 spiro atoms. The smallest absolute Gasteiger partial charge is 0.305 e. The molecule has 6 nitrogen and oxygen atoms in total. The van der Waals surface area contributed by atoms with E-state index in [1.807, 2.05) is 6.08 Å². The van der Waals surface area contributed by atoms with Crippen LogP contribution in [0.15, 0.2) is 24.3 Å². The normalized spacial score (nSPS) is 12.8. The van der Waals surface area contributed by atoms with E-state index < -0.39 is 12.1 Å². The first-order valence-corrected chi connectivity index (χ1v) is 25.6. The molecular formula is C52H99NO5. The zero-order valence-corrected chi connectivity index (χ0v) is 38.8. The third kappa shape index (κ3) is 43.9. The van der Waals surface area contributed by atoms with Gasteiger partial charge in [-0.2, -0.15) is 0 Å². The molecule has 0 fully saturated rings. The van der Waals surface area contributed by atoms with Gasteiger partial charge in [-0.05, 0) is 57.8 Å². The minimum absolute atomic E-state index is 0.0387. The van der Waals surface area contributed by atoms with E-state index in [1.165, 1.54) is 167 Å². The SMILES string of the molecule is CCCCCCCCCCCCCCCCCCCC/C=C/C(O)C(CO)NC(=O)CCCCCC/C=C\CCCCOC(=O)CCCCCCCCCCCCC. The molecule has 2 atom stereocenters. The van der Waals surface area contributed by atoms with Gasteiger partial charge in [0.05, 0.1) is 25.4 Å². The molecule has 0 rings (SSSR count). The maximum absolute atomic E-state index is 12.4. The van der Waals surface area contributed by atoms with Crippen molar-refractivity contribution in [1.29, 1.82) is 0 Å². The lowest BCUT2D eigenvalue weighted by molar-refractivity contribution is -0.143. The van der Waals surface area contributed by atoms with Gasteiger partial charge >= 0.3 is 5.97 Å². The second kappa shape index (κ2) is 48.0. The number of allylic oxidation sites excluding steroid dienone is 3. The molecule has 0 aliphatic carbocycles. The van der Waals surface area contributed by atoms with Gasteiger partial charge in [-0.25, -0.2) is 0 Å². The number of esters is 1. The van der Waals surface area contributed by atoms with Gasteiger partial charge in [-0.1, -0.05) is 224 Å². The van der Waals surface area contributed by atoms with Crippen LogP contribution in [0.25, 0.3) is 0 Å². The predicted molar refractivity (Wildman–Crippen MR) is 250 cm³/mol. The van der Waals surface area contributed by atoms with Crippen LogP contribution >= 0.6 is 0 Å². The largest absolute Gasteiger partial charge is 0.466 e. The Hall–Kier alpha value is -1.66. The maximum Gasteiger partial charge on any atom is 0.305 e. The molecule has 58 heavy (non-hydrogen) atoms. The Bertz CT molecular complexity index is 904. The van der Waals surface area contributed by atoms with E-state index in [9.17, 15) is 19.8 Å². The molecule has 0 aromatic carbocycles. The highest BCUT2D eigenvalue weighted by atomic mass is 16.5. The third-order valence-corrected chi connectivity index (χ3v) is 11.7. The van der Waals surface area contributed by atoms with Crippen LogP contribution in [0.5, 0.6) is 0 Å². The zero-order valence-electron chi connectivity index (χ0n) is 38.8. The molecule has 0 aromatic heterocycles. The van der Waals surface area contributed by atoms with Crippen molar-refractivity contribution in [3.63, 3.8) is 0 Å². The highest BCUT2D eigenvalue weighted by Gasteiger charge is 2.18. The molecule has 0 aliphatic heterocycles. The van der Waals surface area contributed by atoms with Gasteiger partial charge in [-0.3, -0.25) is 9.59 Å². The van der Waals surface area contributed by atoms with Crippen LogP contribution < -0.4 is 5.32 Å². The topological polar surface area (TPSA) is 95.9 Å². The van der Waals surface area contributed by atoms with Crippen molar-refractivity contribution < 1.29 is 24.5 Å². The van der Waals surface area contributed by atoms with Crippen LogP contribution in [0, 0.1) is 0 Å². The Balaban J connectivity index is 3.57. The summed E-state index contributed by atoms with van der Waals surface area (Å²) in [4.78, 5) is 24.4. The van der Waals surface area contributed by atoms with E-state index in [4.69, 9.17) is 4.74 Å². The number of amides is 1. The molecule has 0 aromatic rings. The number of unbranched alkanes of at least 4 members (excludes halogenated alkanes) is 34. The standard InChI is InChI=1S/C52H99NO5/c1-3-5-7-9-11-13-15-16-17-18-19-20-21-22-23-25-28-32-36-40-44-50(55)49(48-54)53-51(56)45-41-37-33-29-26-27-31-35-39-43-47-58-52(57)46-42-38-34-30-24-14-12-10-8-6-4-2/h27,31,40,44,49-50,54-55H,3-26,28-30,32-39,41-43,45-48H2,1-2H3,(H,53,56)/b31-27-,44-40+. The number of aliphatic hydroxyl groups excluding tert-OH is 2. The van der Waals surface area contributed by atoms with Crippen molar-refractivity contribution in [2.45, 2.75) is 283 Å². The first-order chi connectivity index (χ1) is 28.5. The van der Waals surface area contributed by atoms with Crippen molar-refractivity contribution in [3.05, 3.63) is 24.3 Å². The number of aliphatic hydroxyl groups is 2. The molecule has 0 saturated heterocycles. The number of carbonyl (C=O) groups is 2. The first kappa shape index (κ1) is 56.3. The van der Waals surface area contributed by atoms with Crippen molar-refractivity contribution in [2.75, 3.05) is 13.2 Å². The molecule has 0 heterocycles. The number of hydrogen-bond acceptors (Lipinski definition) is 5. The molecule has 0 aliphatic rings. The maximum atomic E-state index is 12.4. The van der Waals surface area contributed by atoms with E-state index in [-0.39, 0.29) is 18.5 Å². The van der Waals surface area contributed by atoms with E-state index in [0.29, 0.717) is 19.4 Å². The Morgan fingerprint density at radius 3 is 1.22 bits per heavy atom. The summed E-state index contributed by atoms with van der Waals surface area (Å²) in [6.45, 7) is 4.81. The van der Waals surface area contributed by atoms with Crippen molar-refractivity contribution in [2.24, 2.45) is 0 Å². The van der Waals surface area contributed by atoms with Crippen LogP contribution in [-0.4, -0.2) is 47.4 Å².